The maximum atomic E-state index is 10.0. The Kier molecular flexibility index (Phi) is 5.71. The van der Waals surface area contributed by atoms with Crippen LogP contribution in [0.1, 0.15) is 50.5 Å². The van der Waals surface area contributed by atoms with Gasteiger partial charge in [0.05, 0.1) is 13.2 Å². The predicted octanol–water partition coefficient (Wildman–Crippen LogP) is 3.96. The van der Waals surface area contributed by atoms with E-state index in [9.17, 15) is 5.11 Å². The Morgan fingerprint density at radius 2 is 1.84 bits per heavy atom. The monoisotopic (exact) mass is 262 g/mol. The van der Waals surface area contributed by atoms with Gasteiger partial charge in [-0.25, -0.2) is 0 Å². The molecule has 1 unspecified atom stereocenters. The maximum Gasteiger partial charge on any atom is 0.118 e. The van der Waals surface area contributed by atoms with Crippen molar-refractivity contribution in [2.24, 2.45) is 5.92 Å². The molecule has 0 amide bonds. The summed E-state index contributed by atoms with van der Waals surface area (Å²) in [7, 11) is 1.68. The highest BCUT2D eigenvalue weighted by molar-refractivity contribution is 5.27. The molecule has 2 heteroatoms. The highest BCUT2D eigenvalue weighted by Gasteiger charge is 2.16. The third kappa shape index (κ3) is 4.87. The molecule has 0 aromatic heterocycles. The minimum Gasteiger partial charge on any atom is -0.497 e. The van der Waals surface area contributed by atoms with Crippen LogP contribution in [0.4, 0.5) is 0 Å². The van der Waals surface area contributed by atoms with E-state index in [4.69, 9.17) is 4.74 Å². The molecule has 1 saturated carbocycles. The molecule has 0 bridgehead atoms. The van der Waals surface area contributed by atoms with Crippen LogP contribution in [0.3, 0.4) is 0 Å². The molecular formula is C17H26O2. The van der Waals surface area contributed by atoms with Crippen molar-refractivity contribution in [3.63, 3.8) is 0 Å². The van der Waals surface area contributed by atoms with Gasteiger partial charge in [0.2, 0.25) is 0 Å². The van der Waals surface area contributed by atoms with E-state index in [2.05, 4.69) is 12.1 Å². The number of methoxy groups -OCH3 is 1. The second-order valence-electron chi connectivity index (χ2n) is 5.77. The summed E-state index contributed by atoms with van der Waals surface area (Å²) in [5, 5.41) is 10.0. The van der Waals surface area contributed by atoms with E-state index in [0.29, 0.717) is 0 Å². The van der Waals surface area contributed by atoms with Gasteiger partial charge in [0, 0.05) is 0 Å². The zero-order valence-corrected chi connectivity index (χ0v) is 12.0. The van der Waals surface area contributed by atoms with Gasteiger partial charge in [-0.05, 0) is 49.3 Å². The Morgan fingerprint density at radius 1 is 1.16 bits per heavy atom. The lowest BCUT2D eigenvalue weighted by atomic mass is 9.97. The lowest BCUT2D eigenvalue weighted by Crippen LogP contribution is -2.10. The normalized spacial score (nSPS) is 17.6. The standard InChI is InChI=1S/C17H26O2/c1-19-17-12-8-15(9-13-17)7-11-16(18)10-6-14-4-2-3-5-14/h8-9,12-14,16,18H,2-7,10-11H2,1H3. The Balaban J connectivity index is 1.65. The molecule has 0 radical (unpaired) electrons. The second-order valence-corrected chi connectivity index (χ2v) is 5.77. The van der Waals surface area contributed by atoms with Gasteiger partial charge in [0.15, 0.2) is 0 Å². The first-order valence-electron chi connectivity index (χ1n) is 7.59. The molecule has 1 aromatic rings. The second kappa shape index (κ2) is 7.54. The molecule has 1 aromatic carbocycles. The van der Waals surface area contributed by atoms with Gasteiger partial charge in [0.1, 0.15) is 5.75 Å². The van der Waals surface area contributed by atoms with Gasteiger partial charge in [-0.3, -0.25) is 0 Å². The lowest BCUT2D eigenvalue weighted by molar-refractivity contribution is 0.145. The molecule has 1 aliphatic carbocycles. The van der Waals surface area contributed by atoms with Gasteiger partial charge >= 0.3 is 0 Å². The molecule has 2 rings (SSSR count). The van der Waals surface area contributed by atoms with Gasteiger partial charge < -0.3 is 9.84 Å². The molecule has 1 atom stereocenters. The number of hydrogen-bond donors (Lipinski definition) is 1. The van der Waals surface area contributed by atoms with Crippen LogP contribution in [0.15, 0.2) is 24.3 Å². The average molecular weight is 262 g/mol. The van der Waals surface area contributed by atoms with Crippen LogP contribution in [0, 0.1) is 5.92 Å². The van der Waals surface area contributed by atoms with E-state index in [1.54, 1.807) is 7.11 Å². The zero-order chi connectivity index (χ0) is 13.5. The van der Waals surface area contributed by atoms with E-state index in [1.807, 2.05) is 12.1 Å². The number of aryl methyl sites for hydroxylation is 1. The van der Waals surface area contributed by atoms with Crippen molar-refractivity contribution in [1.29, 1.82) is 0 Å². The molecule has 0 saturated heterocycles. The fourth-order valence-electron chi connectivity index (χ4n) is 3.00. The number of benzene rings is 1. The highest BCUT2D eigenvalue weighted by atomic mass is 16.5. The van der Waals surface area contributed by atoms with E-state index in [-0.39, 0.29) is 6.10 Å². The lowest BCUT2D eigenvalue weighted by Gasteiger charge is -2.14. The Bertz CT molecular complexity index is 352. The van der Waals surface area contributed by atoms with Crippen LogP contribution in [0.5, 0.6) is 5.75 Å². The molecule has 0 heterocycles. The highest BCUT2D eigenvalue weighted by Crippen LogP contribution is 2.29. The summed E-state index contributed by atoms with van der Waals surface area (Å²) in [4.78, 5) is 0. The summed E-state index contributed by atoms with van der Waals surface area (Å²) in [6, 6.07) is 8.14. The molecule has 106 valence electrons. The van der Waals surface area contributed by atoms with Crippen LogP contribution in [-0.2, 0) is 6.42 Å². The first-order chi connectivity index (χ1) is 9.28. The summed E-state index contributed by atoms with van der Waals surface area (Å²) < 4.78 is 5.14. The summed E-state index contributed by atoms with van der Waals surface area (Å²) in [5.74, 6) is 1.78. The summed E-state index contributed by atoms with van der Waals surface area (Å²) in [6.07, 6.45) is 9.43. The fourth-order valence-corrected chi connectivity index (χ4v) is 3.00. The fraction of sp³-hybridized carbons (Fsp3) is 0.647. The number of aliphatic hydroxyl groups excluding tert-OH is 1. The van der Waals surface area contributed by atoms with Crippen molar-refractivity contribution < 1.29 is 9.84 Å². The Hall–Kier alpha value is -1.02. The van der Waals surface area contributed by atoms with Crippen molar-refractivity contribution in [2.45, 2.75) is 57.5 Å². The predicted molar refractivity (Wildman–Crippen MR) is 78.5 cm³/mol. The number of aliphatic hydroxyl groups is 1. The number of rotatable bonds is 7. The molecule has 1 fully saturated rings. The SMILES string of the molecule is COc1ccc(CCC(O)CCC2CCCC2)cc1. The minimum atomic E-state index is -0.136. The first kappa shape index (κ1) is 14.4. The molecule has 2 nitrogen and oxygen atoms in total. The maximum absolute atomic E-state index is 10.0. The van der Waals surface area contributed by atoms with E-state index in [0.717, 1.165) is 30.9 Å². The topological polar surface area (TPSA) is 29.5 Å². The minimum absolute atomic E-state index is 0.136. The largest absolute Gasteiger partial charge is 0.497 e. The van der Waals surface area contributed by atoms with Gasteiger partial charge in [-0.2, -0.15) is 0 Å². The summed E-state index contributed by atoms with van der Waals surface area (Å²) in [5.41, 5.74) is 1.28. The first-order valence-corrected chi connectivity index (χ1v) is 7.59. The summed E-state index contributed by atoms with van der Waals surface area (Å²) in [6.45, 7) is 0. The van der Waals surface area contributed by atoms with E-state index in [1.165, 1.54) is 37.7 Å². The van der Waals surface area contributed by atoms with Crippen LogP contribution >= 0.6 is 0 Å². The molecule has 0 aliphatic heterocycles. The Morgan fingerprint density at radius 3 is 2.47 bits per heavy atom. The number of hydrogen-bond acceptors (Lipinski definition) is 2. The Labute approximate surface area is 116 Å². The molecular weight excluding hydrogens is 236 g/mol. The molecule has 1 aliphatic rings. The van der Waals surface area contributed by atoms with Crippen LogP contribution in [0.25, 0.3) is 0 Å². The third-order valence-electron chi connectivity index (χ3n) is 4.31. The zero-order valence-electron chi connectivity index (χ0n) is 12.0. The summed E-state index contributed by atoms with van der Waals surface area (Å²) >= 11 is 0. The average Bonchev–Trinajstić information content (AvgIpc) is 2.96. The van der Waals surface area contributed by atoms with Crippen LogP contribution < -0.4 is 4.74 Å². The van der Waals surface area contributed by atoms with Crippen molar-refractivity contribution in [2.75, 3.05) is 7.11 Å². The molecule has 19 heavy (non-hydrogen) atoms. The van der Waals surface area contributed by atoms with E-state index >= 15 is 0 Å². The number of ether oxygens (including phenoxy) is 1. The van der Waals surface area contributed by atoms with E-state index < -0.39 is 0 Å². The van der Waals surface area contributed by atoms with Crippen molar-refractivity contribution in [1.82, 2.24) is 0 Å². The van der Waals surface area contributed by atoms with Gasteiger partial charge in [-0.15, -0.1) is 0 Å². The third-order valence-corrected chi connectivity index (χ3v) is 4.31. The van der Waals surface area contributed by atoms with Gasteiger partial charge in [-0.1, -0.05) is 37.8 Å². The van der Waals surface area contributed by atoms with Gasteiger partial charge in [0.25, 0.3) is 0 Å². The van der Waals surface area contributed by atoms with Crippen molar-refractivity contribution in [3.05, 3.63) is 29.8 Å². The quantitative estimate of drug-likeness (QED) is 0.806. The molecule has 1 N–H and O–H groups in total. The van der Waals surface area contributed by atoms with Crippen molar-refractivity contribution in [3.8, 4) is 5.75 Å². The van der Waals surface area contributed by atoms with Crippen molar-refractivity contribution >= 4 is 0 Å². The van der Waals surface area contributed by atoms with Crippen LogP contribution in [0.2, 0.25) is 0 Å². The molecule has 0 spiro atoms. The van der Waals surface area contributed by atoms with Crippen LogP contribution in [-0.4, -0.2) is 18.3 Å². The smallest absolute Gasteiger partial charge is 0.118 e.